The Bertz CT molecular complexity index is 1140. The highest BCUT2D eigenvalue weighted by Crippen LogP contribution is 2.36. The molecule has 2 heterocycles. The Morgan fingerprint density at radius 1 is 1.21 bits per heavy atom. The van der Waals surface area contributed by atoms with Crippen LogP contribution < -0.4 is 21.1 Å². The zero-order valence-electron chi connectivity index (χ0n) is 18.4. The van der Waals surface area contributed by atoms with Crippen LogP contribution in [-0.2, 0) is 10.9 Å². The van der Waals surface area contributed by atoms with Crippen molar-refractivity contribution in [3.8, 4) is 22.7 Å². The lowest BCUT2D eigenvalue weighted by molar-refractivity contribution is -0.137. The number of amides is 2. The highest BCUT2D eigenvalue weighted by atomic mass is 19.4. The molecular weight excluding hydrogens is 451 g/mol. The number of nitrogen functional groups attached to an aromatic ring is 1. The minimum atomic E-state index is -4.46. The van der Waals surface area contributed by atoms with Crippen molar-refractivity contribution < 1.29 is 27.4 Å². The lowest BCUT2D eigenvalue weighted by atomic mass is 10.1. The third kappa shape index (κ3) is 5.09. The van der Waals surface area contributed by atoms with E-state index in [0.29, 0.717) is 35.8 Å². The van der Waals surface area contributed by atoms with Gasteiger partial charge in [0.15, 0.2) is 5.82 Å². The second kappa shape index (κ2) is 9.64. The monoisotopic (exact) mass is 475 g/mol. The molecule has 0 radical (unpaired) electrons. The number of halogens is 3. The van der Waals surface area contributed by atoms with Gasteiger partial charge in [-0.3, -0.25) is 0 Å². The highest BCUT2D eigenvalue weighted by molar-refractivity contribution is 5.97. The standard InChI is InChI=1S/C23H24F3N5O3/c1-33-17-10-4-14(5-11-17)19-20(29-22(32)28-13-18-3-2-12-34-18)21(27)31(30-19)16-8-6-15(7-9-16)23(24,25)26/h4-11,18H,2-3,12-13,27H2,1H3,(H2,28,29,32). The summed E-state index contributed by atoms with van der Waals surface area (Å²) in [6.07, 6.45) is -2.69. The molecule has 2 aromatic carbocycles. The summed E-state index contributed by atoms with van der Waals surface area (Å²) >= 11 is 0. The Morgan fingerprint density at radius 3 is 2.50 bits per heavy atom. The summed E-state index contributed by atoms with van der Waals surface area (Å²) in [5.41, 5.74) is 7.05. The molecule has 0 spiro atoms. The molecular formula is C23H24F3N5O3. The van der Waals surface area contributed by atoms with Gasteiger partial charge < -0.3 is 25.8 Å². The lowest BCUT2D eigenvalue weighted by Crippen LogP contribution is -2.35. The van der Waals surface area contributed by atoms with Gasteiger partial charge in [-0.2, -0.15) is 18.3 Å². The van der Waals surface area contributed by atoms with Crippen LogP contribution in [0, 0.1) is 0 Å². The van der Waals surface area contributed by atoms with Gasteiger partial charge in [0, 0.05) is 18.7 Å². The van der Waals surface area contributed by atoms with E-state index in [0.717, 1.165) is 25.0 Å². The fraction of sp³-hybridized carbons (Fsp3) is 0.304. The molecule has 1 aromatic heterocycles. The molecule has 0 aliphatic carbocycles. The van der Waals surface area contributed by atoms with Gasteiger partial charge in [-0.1, -0.05) is 0 Å². The van der Waals surface area contributed by atoms with E-state index in [1.807, 2.05) is 0 Å². The second-order valence-corrected chi connectivity index (χ2v) is 7.76. The van der Waals surface area contributed by atoms with Crippen molar-refractivity contribution in [3.63, 3.8) is 0 Å². The molecule has 1 aliphatic heterocycles. The number of hydrogen-bond donors (Lipinski definition) is 3. The molecule has 0 bridgehead atoms. The number of nitrogens with two attached hydrogens (primary N) is 1. The van der Waals surface area contributed by atoms with Gasteiger partial charge in [0.1, 0.15) is 17.1 Å². The predicted molar refractivity (Wildman–Crippen MR) is 121 cm³/mol. The van der Waals surface area contributed by atoms with Crippen LogP contribution in [0.25, 0.3) is 16.9 Å². The summed E-state index contributed by atoms with van der Waals surface area (Å²) in [5, 5.41) is 9.98. The van der Waals surface area contributed by atoms with Crippen LogP contribution in [0.3, 0.4) is 0 Å². The molecule has 1 saturated heterocycles. The molecule has 8 nitrogen and oxygen atoms in total. The fourth-order valence-electron chi connectivity index (χ4n) is 3.66. The third-order valence-corrected chi connectivity index (χ3v) is 5.48. The van der Waals surface area contributed by atoms with Crippen LogP contribution >= 0.6 is 0 Å². The Morgan fingerprint density at radius 2 is 1.91 bits per heavy atom. The molecule has 1 aliphatic rings. The molecule has 11 heteroatoms. The van der Waals surface area contributed by atoms with Crippen molar-refractivity contribution in [2.75, 3.05) is 31.3 Å². The summed E-state index contributed by atoms with van der Waals surface area (Å²) in [6, 6.07) is 10.9. The van der Waals surface area contributed by atoms with Gasteiger partial charge in [-0.25, -0.2) is 9.48 Å². The topological polar surface area (TPSA) is 103 Å². The average molecular weight is 475 g/mol. The maximum absolute atomic E-state index is 13.0. The molecule has 180 valence electrons. The summed E-state index contributed by atoms with van der Waals surface area (Å²) < 4.78 is 50.9. The number of carbonyl (C=O) groups is 1. The van der Waals surface area contributed by atoms with E-state index in [1.54, 1.807) is 24.3 Å². The Kier molecular flexibility index (Phi) is 6.64. The van der Waals surface area contributed by atoms with E-state index < -0.39 is 17.8 Å². The predicted octanol–water partition coefficient (Wildman–Crippen LogP) is 4.45. The summed E-state index contributed by atoms with van der Waals surface area (Å²) in [5.74, 6) is 0.695. The number of nitrogens with one attached hydrogen (secondary N) is 2. The SMILES string of the molecule is COc1ccc(-c2nn(-c3ccc(C(F)(F)F)cc3)c(N)c2NC(=O)NCC2CCCO2)cc1. The number of anilines is 2. The Hall–Kier alpha value is -3.73. The maximum atomic E-state index is 13.0. The first-order valence-corrected chi connectivity index (χ1v) is 10.6. The van der Waals surface area contributed by atoms with E-state index in [2.05, 4.69) is 15.7 Å². The first kappa shape index (κ1) is 23.4. The number of urea groups is 1. The quantitative estimate of drug-likeness (QED) is 0.489. The summed E-state index contributed by atoms with van der Waals surface area (Å²) in [6.45, 7) is 1.01. The zero-order valence-corrected chi connectivity index (χ0v) is 18.4. The molecule has 1 fully saturated rings. The number of alkyl halides is 3. The number of rotatable bonds is 6. The van der Waals surface area contributed by atoms with Crippen molar-refractivity contribution in [1.82, 2.24) is 15.1 Å². The van der Waals surface area contributed by atoms with Crippen molar-refractivity contribution in [3.05, 3.63) is 54.1 Å². The molecule has 4 N–H and O–H groups in total. The van der Waals surface area contributed by atoms with E-state index >= 15 is 0 Å². The van der Waals surface area contributed by atoms with Gasteiger partial charge >= 0.3 is 12.2 Å². The molecule has 34 heavy (non-hydrogen) atoms. The number of nitrogens with zero attached hydrogens (tertiary/aromatic N) is 2. The first-order valence-electron chi connectivity index (χ1n) is 10.6. The van der Waals surface area contributed by atoms with Crippen LogP contribution in [0.4, 0.5) is 29.5 Å². The van der Waals surface area contributed by atoms with Crippen LogP contribution in [0.2, 0.25) is 0 Å². The summed E-state index contributed by atoms with van der Waals surface area (Å²) in [4.78, 5) is 12.6. The van der Waals surface area contributed by atoms with Crippen molar-refractivity contribution in [2.24, 2.45) is 0 Å². The second-order valence-electron chi connectivity index (χ2n) is 7.76. The lowest BCUT2D eigenvalue weighted by Gasteiger charge is -2.12. The van der Waals surface area contributed by atoms with Crippen molar-refractivity contribution >= 4 is 17.5 Å². The van der Waals surface area contributed by atoms with Crippen LogP contribution in [0.5, 0.6) is 5.75 Å². The van der Waals surface area contributed by atoms with E-state index in [-0.39, 0.29) is 17.6 Å². The normalized spacial score (nSPS) is 15.8. The molecule has 1 atom stereocenters. The smallest absolute Gasteiger partial charge is 0.416 e. The Balaban J connectivity index is 1.66. The fourth-order valence-corrected chi connectivity index (χ4v) is 3.66. The minimum absolute atomic E-state index is 0.0426. The van der Waals surface area contributed by atoms with Gasteiger partial charge in [0.2, 0.25) is 0 Å². The Labute approximate surface area is 193 Å². The van der Waals surface area contributed by atoms with Crippen molar-refractivity contribution in [2.45, 2.75) is 25.1 Å². The molecule has 4 rings (SSSR count). The number of carbonyl (C=O) groups excluding carboxylic acids is 1. The first-order chi connectivity index (χ1) is 16.3. The number of methoxy groups -OCH3 is 1. The van der Waals surface area contributed by atoms with Gasteiger partial charge in [0.25, 0.3) is 0 Å². The number of aromatic nitrogens is 2. The van der Waals surface area contributed by atoms with Crippen LogP contribution in [-0.4, -0.2) is 42.2 Å². The largest absolute Gasteiger partial charge is 0.497 e. The van der Waals surface area contributed by atoms with E-state index in [1.165, 1.54) is 23.9 Å². The third-order valence-electron chi connectivity index (χ3n) is 5.48. The van der Waals surface area contributed by atoms with E-state index in [4.69, 9.17) is 15.2 Å². The molecule has 0 saturated carbocycles. The molecule has 2 amide bonds. The van der Waals surface area contributed by atoms with Crippen LogP contribution in [0.1, 0.15) is 18.4 Å². The molecule has 3 aromatic rings. The van der Waals surface area contributed by atoms with Gasteiger partial charge in [-0.05, 0) is 61.4 Å². The number of hydrogen-bond acceptors (Lipinski definition) is 5. The zero-order chi connectivity index (χ0) is 24.3. The van der Waals surface area contributed by atoms with Crippen LogP contribution in [0.15, 0.2) is 48.5 Å². The van der Waals surface area contributed by atoms with E-state index in [9.17, 15) is 18.0 Å². The number of benzene rings is 2. The average Bonchev–Trinajstić information content (AvgIpc) is 3.46. The molecule has 1 unspecified atom stereocenters. The van der Waals surface area contributed by atoms with Crippen molar-refractivity contribution in [1.29, 1.82) is 0 Å². The summed E-state index contributed by atoms with van der Waals surface area (Å²) in [7, 11) is 1.54. The minimum Gasteiger partial charge on any atom is -0.497 e. The van der Waals surface area contributed by atoms with Gasteiger partial charge in [-0.15, -0.1) is 0 Å². The number of ether oxygens (including phenoxy) is 2. The van der Waals surface area contributed by atoms with Gasteiger partial charge in [0.05, 0.1) is 24.5 Å². The highest BCUT2D eigenvalue weighted by Gasteiger charge is 2.30. The maximum Gasteiger partial charge on any atom is 0.416 e.